The number of nitrogens with zero attached hydrogens (tertiary/aromatic N) is 1. The second-order valence-electron chi connectivity index (χ2n) is 5.85. The molecule has 1 saturated heterocycles. The molecule has 0 aliphatic carbocycles. The van der Waals surface area contributed by atoms with Gasteiger partial charge in [-0.1, -0.05) is 36.4 Å². The van der Waals surface area contributed by atoms with Crippen molar-refractivity contribution in [2.45, 2.75) is 6.92 Å². The molecule has 120 valence electrons. The van der Waals surface area contributed by atoms with Crippen LogP contribution in [0.1, 0.15) is 6.92 Å². The maximum Gasteiger partial charge on any atom is 0.248 e. The highest BCUT2D eigenvalue weighted by atomic mass is 16.7. The van der Waals surface area contributed by atoms with Crippen LogP contribution >= 0.6 is 0 Å². The molecule has 5 nitrogen and oxygen atoms in total. The quantitative estimate of drug-likeness (QED) is 0.658. The van der Waals surface area contributed by atoms with Crippen LogP contribution in [-0.4, -0.2) is 25.9 Å². The Labute approximate surface area is 135 Å². The predicted molar refractivity (Wildman–Crippen MR) is 87.9 cm³/mol. The lowest BCUT2D eigenvalue weighted by atomic mass is 9.92. The number of para-hydroxylation sites is 2. The van der Waals surface area contributed by atoms with Crippen molar-refractivity contribution in [1.29, 1.82) is 0 Å². The number of hydrazine groups is 1. The first-order valence-electron chi connectivity index (χ1n) is 7.57. The van der Waals surface area contributed by atoms with Gasteiger partial charge in [-0.25, -0.2) is 0 Å². The predicted octanol–water partition coefficient (Wildman–Crippen LogP) is 2.60. The van der Waals surface area contributed by atoms with Gasteiger partial charge in [0.05, 0.1) is 24.3 Å². The molecule has 1 fully saturated rings. The Morgan fingerprint density at radius 2 is 1.74 bits per heavy atom. The normalized spacial score (nSPS) is 20.4. The van der Waals surface area contributed by atoms with Crippen molar-refractivity contribution >= 4 is 11.6 Å². The molecule has 2 aromatic rings. The number of carbonyl (C=O) groups is 1. The van der Waals surface area contributed by atoms with Crippen LogP contribution in [0.2, 0.25) is 0 Å². The Morgan fingerprint density at radius 1 is 1.09 bits per heavy atom. The highest BCUT2D eigenvalue weighted by Gasteiger charge is 2.42. The van der Waals surface area contributed by atoms with E-state index in [9.17, 15) is 4.79 Å². The second-order valence-corrected chi connectivity index (χ2v) is 5.85. The molecule has 1 atom stereocenters. The van der Waals surface area contributed by atoms with Gasteiger partial charge in [-0.2, -0.15) is 0 Å². The van der Waals surface area contributed by atoms with E-state index < -0.39 is 5.41 Å². The molecule has 0 aromatic heterocycles. The maximum absolute atomic E-state index is 12.3. The van der Waals surface area contributed by atoms with Gasteiger partial charge in [0.1, 0.15) is 5.75 Å². The molecule has 1 heterocycles. The van der Waals surface area contributed by atoms with Crippen molar-refractivity contribution < 1.29 is 14.3 Å². The first kappa shape index (κ1) is 15.4. The summed E-state index contributed by atoms with van der Waals surface area (Å²) in [4.78, 5) is 12.3. The molecule has 23 heavy (non-hydrogen) atoms. The zero-order chi connectivity index (χ0) is 16.1. The number of carbonyl (C=O) groups excluding carboxylic acids is 1. The van der Waals surface area contributed by atoms with Gasteiger partial charge >= 0.3 is 0 Å². The molecule has 1 aliphatic heterocycles. The van der Waals surface area contributed by atoms with E-state index in [0.29, 0.717) is 13.2 Å². The van der Waals surface area contributed by atoms with Crippen molar-refractivity contribution in [2.24, 2.45) is 5.41 Å². The van der Waals surface area contributed by atoms with E-state index in [0.717, 1.165) is 11.4 Å². The minimum Gasteiger partial charge on any atom is -0.468 e. The minimum absolute atomic E-state index is 0.0407. The van der Waals surface area contributed by atoms with Gasteiger partial charge < -0.3 is 9.47 Å². The summed E-state index contributed by atoms with van der Waals surface area (Å²) in [5.41, 5.74) is 3.25. The van der Waals surface area contributed by atoms with E-state index >= 15 is 0 Å². The molecule has 3 rings (SSSR count). The van der Waals surface area contributed by atoms with Crippen LogP contribution in [0.4, 0.5) is 5.69 Å². The fourth-order valence-corrected chi connectivity index (χ4v) is 2.49. The minimum atomic E-state index is -0.601. The van der Waals surface area contributed by atoms with Crippen LogP contribution in [0.15, 0.2) is 60.7 Å². The number of benzene rings is 2. The van der Waals surface area contributed by atoms with Crippen LogP contribution in [-0.2, 0) is 9.53 Å². The summed E-state index contributed by atoms with van der Waals surface area (Å²) < 4.78 is 11.1. The summed E-state index contributed by atoms with van der Waals surface area (Å²) in [7, 11) is 0. The Bertz CT molecular complexity index is 648. The number of hydrogen-bond acceptors (Lipinski definition) is 4. The van der Waals surface area contributed by atoms with Crippen molar-refractivity contribution in [3.05, 3.63) is 60.7 Å². The summed E-state index contributed by atoms with van der Waals surface area (Å²) in [6, 6.07) is 19.2. The molecule has 0 saturated carbocycles. The fraction of sp³-hybridized carbons (Fsp3) is 0.278. The lowest BCUT2D eigenvalue weighted by Gasteiger charge is -2.21. The first-order chi connectivity index (χ1) is 11.2. The highest BCUT2D eigenvalue weighted by Crippen LogP contribution is 2.27. The smallest absolute Gasteiger partial charge is 0.248 e. The number of amides is 1. The maximum atomic E-state index is 12.3. The van der Waals surface area contributed by atoms with Crippen LogP contribution in [0.3, 0.4) is 0 Å². The molecular weight excluding hydrogens is 292 g/mol. The van der Waals surface area contributed by atoms with E-state index in [1.54, 1.807) is 0 Å². The number of hydrogen-bond donors (Lipinski definition) is 1. The molecule has 0 radical (unpaired) electrons. The van der Waals surface area contributed by atoms with E-state index in [2.05, 4.69) is 5.43 Å². The molecule has 5 heteroatoms. The Morgan fingerprint density at radius 3 is 2.43 bits per heavy atom. The zero-order valence-corrected chi connectivity index (χ0v) is 13.1. The molecule has 1 amide bonds. The van der Waals surface area contributed by atoms with Gasteiger partial charge in [-0.15, -0.1) is 0 Å². The van der Waals surface area contributed by atoms with Crippen molar-refractivity contribution in [3.63, 3.8) is 0 Å². The fourth-order valence-electron chi connectivity index (χ4n) is 2.49. The van der Waals surface area contributed by atoms with E-state index in [1.165, 1.54) is 0 Å². The standard InChI is InChI=1S/C18H20N2O3/c1-18(13-22-14-23-16-10-6-3-7-11-16)12-20(19-17(18)21)15-8-4-2-5-9-15/h2-11H,12-14H2,1H3,(H,19,21). The van der Waals surface area contributed by atoms with Gasteiger partial charge in [-0.05, 0) is 31.2 Å². The van der Waals surface area contributed by atoms with Gasteiger partial charge in [0.25, 0.3) is 0 Å². The Kier molecular flexibility index (Phi) is 4.48. The average molecular weight is 312 g/mol. The summed E-state index contributed by atoms with van der Waals surface area (Å²) in [5.74, 6) is 0.709. The van der Waals surface area contributed by atoms with Gasteiger partial charge in [0.2, 0.25) is 5.91 Å². The Balaban J connectivity index is 1.52. The summed E-state index contributed by atoms with van der Waals surface area (Å²) in [6.45, 7) is 2.88. The topological polar surface area (TPSA) is 50.8 Å². The largest absolute Gasteiger partial charge is 0.468 e. The zero-order valence-electron chi connectivity index (χ0n) is 13.1. The van der Waals surface area contributed by atoms with E-state index in [4.69, 9.17) is 9.47 Å². The third kappa shape index (κ3) is 3.63. The molecular formula is C18H20N2O3. The number of ether oxygens (including phenoxy) is 2. The lowest BCUT2D eigenvalue weighted by Crippen LogP contribution is -2.35. The monoisotopic (exact) mass is 312 g/mol. The van der Waals surface area contributed by atoms with Crippen LogP contribution in [0.5, 0.6) is 5.75 Å². The van der Waals surface area contributed by atoms with Gasteiger partial charge in [0.15, 0.2) is 6.79 Å². The van der Waals surface area contributed by atoms with Gasteiger partial charge in [0, 0.05) is 0 Å². The van der Waals surface area contributed by atoms with Crippen molar-refractivity contribution in [2.75, 3.05) is 25.0 Å². The molecule has 2 aromatic carbocycles. The lowest BCUT2D eigenvalue weighted by molar-refractivity contribution is -0.131. The number of rotatable bonds is 6. The second kappa shape index (κ2) is 6.71. The van der Waals surface area contributed by atoms with Crippen LogP contribution in [0, 0.1) is 5.41 Å². The molecule has 1 N–H and O–H groups in total. The average Bonchev–Trinajstić information content (AvgIpc) is 2.89. The van der Waals surface area contributed by atoms with Crippen molar-refractivity contribution in [3.8, 4) is 5.75 Å². The molecule has 0 spiro atoms. The van der Waals surface area contributed by atoms with Crippen LogP contribution < -0.4 is 15.2 Å². The third-order valence-corrected chi connectivity index (χ3v) is 3.83. The summed E-state index contributed by atoms with van der Waals surface area (Å²) in [5, 5.41) is 1.85. The Hall–Kier alpha value is -2.53. The van der Waals surface area contributed by atoms with E-state index in [1.807, 2.05) is 72.6 Å². The molecule has 1 unspecified atom stereocenters. The van der Waals surface area contributed by atoms with Crippen LogP contribution in [0.25, 0.3) is 0 Å². The third-order valence-electron chi connectivity index (χ3n) is 3.83. The summed E-state index contributed by atoms with van der Waals surface area (Å²) >= 11 is 0. The molecule has 1 aliphatic rings. The van der Waals surface area contributed by atoms with Gasteiger partial charge in [-0.3, -0.25) is 15.2 Å². The first-order valence-corrected chi connectivity index (χ1v) is 7.57. The van der Waals surface area contributed by atoms with E-state index in [-0.39, 0.29) is 12.7 Å². The number of anilines is 1. The summed E-state index contributed by atoms with van der Waals surface area (Å²) in [6.07, 6.45) is 0. The SMILES string of the molecule is CC1(COCOc2ccccc2)CN(c2ccccc2)NC1=O. The molecule has 0 bridgehead atoms. The highest BCUT2D eigenvalue weighted by molar-refractivity contribution is 5.87. The number of nitrogens with one attached hydrogen (secondary N) is 1. The van der Waals surface area contributed by atoms with Crippen molar-refractivity contribution in [1.82, 2.24) is 5.43 Å².